The molecule has 5 heteroatoms. The quantitative estimate of drug-likeness (QED) is 0.824. The van der Waals surface area contributed by atoms with Gasteiger partial charge in [0.05, 0.1) is 11.5 Å². The summed E-state index contributed by atoms with van der Waals surface area (Å²) >= 11 is 1.36. The highest BCUT2D eigenvalue weighted by atomic mass is 32.2. The fourth-order valence-electron chi connectivity index (χ4n) is 3.27. The molecule has 0 saturated heterocycles. The molecule has 1 fully saturated rings. The highest BCUT2D eigenvalue weighted by molar-refractivity contribution is 8.00. The van der Waals surface area contributed by atoms with Crippen molar-refractivity contribution in [1.82, 2.24) is 5.32 Å². The predicted octanol–water partition coefficient (Wildman–Crippen LogP) is 3.96. The third-order valence-electron chi connectivity index (χ3n) is 4.50. The van der Waals surface area contributed by atoms with E-state index in [2.05, 4.69) is 10.6 Å². The van der Waals surface area contributed by atoms with Gasteiger partial charge in [0.15, 0.2) is 0 Å². The van der Waals surface area contributed by atoms with Crippen LogP contribution in [0.5, 0.6) is 0 Å². The van der Waals surface area contributed by atoms with Crippen molar-refractivity contribution in [3.63, 3.8) is 0 Å². The van der Waals surface area contributed by atoms with Gasteiger partial charge in [0.2, 0.25) is 11.8 Å². The molecule has 3 rings (SSSR count). The molecular formula is C20H24N2O2S. The van der Waals surface area contributed by atoms with Gasteiger partial charge in [-0.05, 0) is 24.3 Å². The number of benzene rings is 2. The lowest BCUT2D eigenvalue weighted by molar-refractivity contribution is -0.119. The fraction of sp³-hybridized carbons (Fsp3) is 0.400. The van der Waals surface area contributed by atoms with Crippen LogP contribution < -0.4 is 10.6 Å². The largest absolute Gasteiger partial charge is 0.353 e. The third-order valence-corrected chi connectivity index (χ3v) is 5.43. The normalized spacial score (nSPS) is 15.0. The molecule has 1 saturated carbocycles. The first-order valence-corrected chi connectivity index (χ1v) is 10.0. The fourth-order valence-corrected chi connectivity index (χ4v) is 3.90. The van der Waals surface area contributed by atoms with Gasteiger partial charge in [0, 0.05) is 17.1 Å². The Hall–Kier alpha value is -2.01. The second-order valence-corrected chi connectivity index (χ2v) is 7.46. The van der Waals surface area contributed by atoms with Crippen molar-refractivity contribution in [3.05, 3.63) is 42.5 Å². The molecule has 1 aliphatic rings. The molecule has 2 aromatic rings. The minimum atomic E-state index is -0.0770. The molecule has 0 unspecified atom stereocenters. The summed E-state index contributed by atoms with van der Waals surface area (Å²) < 4.78 is 0. The van der Waals surface area contributed by atoms with Crippen molar-refractivity contribution in [2.45, 2.75) is 38.1 Å². The highest BCUT2D eigenvalue weighted by Gasteiger charge is 2.15. The predicted molar refractivity (Wildman–Crippen MR) is 105 cm³/mol. The number of amides is 2. The first kappa shape index (κ1) is 17.8. The Labute approximate surface area is 152 Å². The van der Waals surface area contributed by atoms with Crippen LogP contribution in [0.25, 0.3) is 10.8 Å². The number of hydrogen-bond acceptors (Lipinski definition) is 3. The molecule has 4 nitrogen and oxygen atoms in total. The van der Waals surface area contributed by atoms with Crippen LogP contribution in [-0.2, 0) is 9.59 Å². The van der Waals surface area contributed by atoms with E-state index in [1.165, 1.54) is 31.0 Å². The van der Waals surface area contributed by atoms with Crippen LogP contribution in [0.2, 0.25) is 0 Å². The van der Waals surface area contributed by atoms with E-state index in [4.69, 9.17) is 0 Å². The van der Waals surface area contributed by atoms with Crippen LogP contribution in [0.3, 0.4) is 0 Å². The second-order valence-electron chi connectivity index (χ2n) is 6.47. The van der Waals surface area contributed by atoms with Crippen molar-refractivity contribution in [2.75, 3.05) is 16.8 Å². The topological polar surface area (TPSA) is 58.2 Å². The van der Waals surface area contributed by atoms with Gasteiger partial charge in [0.1, 0.15) is 0 Å². The summed E-state index contributed by atoms with van der Waals surface area (Å²) in [7, 11) is 0. The van der Waals surface area contributed by atoms with Gasteiger partial charge >= 0.3 is 0 Å². The summed E-state index contributed by atoms with van der Waals surface area (Å²) in [4.78, 5) is 24.1. The molecular weight excluding hydrogens is 332 g/mol. The Bertz CT molecular complexity index is 736. The Balaban J connectivity index is 1.44. The smallest absolute Gasteiger partial charge is 0.234 e. The Morgan fingerprint density at radius 2 is 1.64 bits per heavy atom. The Morgan fingerprint density at radius 3 is 2.48 bits per heavy atom. The number of carbonyl (C=O) groups is 2. The van der Waals surface area contributed by atoms with E-state index in [1.807, 2.05) is 42.5 Å². The first-order valence-electron chi connectivity index (χ1n) is 8.87. The van der Waals surface area contributed by atoms with Crippen molar-refractivity contribution < 1.29 is 9.59 Å². The van der Waals surface area contributed by atoms with E-state index in [1.54, 1.807) is 0 Å². The van der Waals surface area contributed by atoms with Crippen LogP contribution in [-0.4, -0.2) is 29.4 Å². The number of carbonyl (C=O) groups excluding carboxylic acids is 2. The van der Waals surface area contributed by atoms with Crippen LogP contribution in [0.4, 0.5) is 5.69 Å². The maximum atomic E-state index is 12.2. The lowest BCUT2D eigenvalue weighted by Crippen LogP contribution is -2.37. The summed E-state index contributed by atoms with van der Waals surface area (Å²) in [5, 5.41) is 8.15. The SMILES string of the molecule is O=C(CSCC(=O)NC1CCCCC1)Nc1cccc2ccccc12. The molecule has 0 spiro atoms. The summed E-state index contributed by atoms with van der Waals surface area (Å²) in [5.41, 5.74) is 0.815. The maximum Gasteiger partial charge on any atom is 0.234 e. The molecule has 1 aliphatic carbocycles. The van der Waals surface area contributed by atoms with Crippen LogP contribution >= 0.6 is 11.8 Å². The third kappa shape index (κ3) is 5.23. The Kier molecular flexibility index (Phi) is 6.34. The highest BCUT2D eigenvalue weighted by Crippen LogP contribution is 2.23. The zero-order valence-electron chi connectivity index (χ0n) is 14.3. The van der Waals surface area contributed by atoms with E-state index in [0.717, 1.165) is 29.3 Å². The van der Waals surface area contributed by atoms with E-state index in [-0.39, 0.29) is 17.6 Å². The second kappa shape index (κ2) is 8.90. The van der Waals surface area contributed by atoms with Crippen LogP contribution in [0.15, 0.2) is 42.5 Å². The van der Waals surface area contributed by atoms with Crippen molar-refractivity contribution in [3.8, 4) is 0 Å². The summed E-state index contributed by atoms with van der Waals surface area (Å²) in [6.07, 6.45) is 5.84. The monoisotopic (exact) mass is 356 g/mol. The zero-order chi connectivity index (χ0) is 17.5. The van der Waals surface area contributed by atoms with Gasteiger partial charge in [-0.25, -0.2) is 0 Å². The molecule has 0 radical (unpaired) electrons. The Morgan fingerprint density at radius 1 is 0.920 bits per heavy atom. The number of fused-ring (bicyclic) bond motifs is 1. The van der Waals surface area contributed by atoms with Gasteiger partial charge in [-0.2, -0.15) is 0 Å². The minimum absolute atomic E-state index is 0.0369. The lowest BCUT2D eigenvalue weighted by Gasteiger charge is -2.22. The number of nitrogens with one attached hydrogen (secondary N) is 2. The summed E-state index contributed by atoms with van der Waals surface area (Å²) in [6, 6.07) is 14.1. The van der Waals surface area contributed by atoms with Gasteiger partial charge in [-0.15, -0.1) is 11.8 Å². The van der Waals surface area contributed by atoms with Crippen LogP contribution in [0, 0.1) is 0 Å². The molecule has 2 N–H and O–H groups in total. The van der Waals surface area contributed by atoms with Crippen molar-refractivity contribution >= 4 is 40.0 Å². The number of thioether (sulfide) groups is 1. The average molecular weight is 356 g/mol. The number of anilines is 1. The summed E-state index contributed by atoms with van der Waals surface area (Å²) in [5.74, 6) is 0.572. The number of rotatable bonds is 6. The molecule has 25 heavy (non-hydrogen) atoms. The van der Waals surface area contributed by atoms with Gasteiger partial charge in [-0.3, -0.25) is 9.59 Å². The molecule has 0 aromatic heterocycles. The molecule has 2 aromatic carbocycles. The first-order chi connectivity index (χ1) is 12.2. The van der Waals surface area contributed by atoms with E-state index in [9.17, 15) is 9.59 Å². The maximum absolute atomic E-state index is 12.2. The van der Waals surface area contributed by atoms with Crippen molar-refractivity contribution in [2.24, 2.45) is 0 Å². The lowest BCUT2D eigenvalue weighted by atomic mass is 9.95. The standard InChI is InChI=1S/C20H24N2O2S/c23-19(21-16-9-2-1-3-10-16)13-25-14-20(24)22-18-12-6-8-15-7-4-5-11-17(15)18/h4-8,11-12,16H,1-3,9-10,13-14H2,(H,21,23)(H,22,24). The molecule has 0 aliphatic heterocycles. The molecule has 0 bridgehead atoms. The van der Waals surface area contributed by atoms with E-state index in [0.29, 0.717) is 11.8 Å². The molecule has 0 heterocycles. The zero-order valence-corrected chi connectivity index (χ0v) is 15.1. The van der Waals surface area contributed by atoms with Gasteiger partial charge in [-0.1, -0.05) is 55.7 Å². The number of hydrogen-bond donors (Lipinski definition) is 2. The van der Waals surface area contributed by atoms with Crippen LogP contribution in [0.1, 0.15) is 32.1 Å². The minimum Gasteiger partial charge on any atom is -0.353 e. The molecule has 132 valence electrons. The van der Waals surface area contributed by atoms with Gasteiger partial charge in [0.25, 0.3) is 0 Å². The molecule has 0 atom stereocenters. The van der Waals surface area contributed by atoms with E-state index < -0.39 is 0 Å². The van der Waals surface area contributed by atoms with Crippen molar-refractivity contribution in [1.29, 1.82) is 0 Å². The average Bonchev–Trinajstić information content (AvgIpc) is 2.63. The molecule has 2 amide bonds. The van der Waals surface area contributed by atoms with Gasteiger partial charge < -0.3 is 10.6 Å². The van der Waals surface area contributed by atoms with E-state index >= 15 is 0 Å². The summed E-state index contributed by atoms with van der Waals surface area (Å²) in [6.45, 7) is 0.